The molecule has 0 unspecified atom stereocenters. The van der Waals surface area contributed by atoms with Crippen LogP contribution in [0.25, 0.3) is 0 Å². The van der Waals surface area contributed by atoms with Crippen molar-refractivity contribution in [2.75, 3.05) is 13.6 Å². The smallest absolute Gasteiger partial charge is 0.305 e. The van der Waals surface area contributed by atoms with Crippen molar-refractivity contribution in [2.45, 2.75) is 6.42 Å². The minimum absolute atomic E-state index is 0.0454. The first-order valence-electron chi connectivity index (χ1n) is 4.73. The monoisotopic (exact) mass is 285 g/mol. The summed E-state index contributed by atoms with van der Waals surface area (Å²) in [6.07, 6.45) is -0.0454. The number of hydrogen-bond donors (Lipinski definition) is 1. The van der Waals surface area contributed by atoms with Gasteiger partial charge in [0.15, 0.2) is 0 Å². The summed E-state index contributed by atoms with van der Waals surface area (Å²) in [4.78, 5) is 23.6. The number of carbonyl (C=O) groups is 2. The molecule has 1 aromatic rings. The Balaban J connectivity index is 2.67. The lowest BCUT2D eigenvalue weighted by atomic mass is 10.2. The van der Waals surface area contributed by atoms with E-state index < -0.39 is 5.97 Å². The average molecular weight is 286 g/mol. The zero-order valence-electron chi connectivity index (χ0n) is 8.81. The fourth-order valence-corrected chi connectivity index (χ4v) is 1.61. The molecule has 0 aromatic heterocycles. The van der Waals surface area contributed by atoms with E-state index in [1.54, 1.807) is 25.2 Å². The van der Waals surface area contributed by atoms with Gasteiger partial charge in [-0.15, -0.1) is 0 Å². The molecule has 0 bridgehead atoms. The molecule has 1 aromatic carbocycles. The molecule has 0 aliphatic rings. The zero-order valence-corrected chi connectivity index (χ0v) is 10.4. The van der Waals surface area contributed by atoms with E-state index in [4.69, 9.17) is 5.11 Å². The molecular formula is C11H12BrNO3. The van der Waals surface area contributed by atoms with Gasteiger partial charge in [-0.05, 0) is 18.2 Å². The van der Waals surface area contributed by atoms with Gasteiger partial charge in [0.1, 0.15) is 0 Å². The molecule has 86 valence electrons. The number of rotatable bonds is 4. The second-order valence-electron chi connectivity index (χ2n) is 3.38. The molecule has 0 fully saturated rings. The van der Waals surface area contributed by atoms with E-state index in [1.165, 1.54) is 4.90 Å². The number of carboxylic acid groups (broad SMARTS) is 1. The van der Waals surface area contributed by atoms with E-state index in [9.17, 15) is 9.59 Å². The normalized spacial score (nSPS) is 9.88. The summed E-state index contributed by atoms with van der Waals surface area (Å²) in [7, 11) is 1.59. The summed E-state index contributed by atoms with van der Waals surface area (Å²) in [5, 5.41) is 8.51. The Hall–Kier alpha value is -1.36. The predicted octanol–water partition coefficient (Wildman–Crippen LogP) is 2.00. The van der Waals surface area contributed by atoms with Crippen molar-refractivity contribution in [3.05, 3.63) is 34.3 Å². The van der Waals surface area contributed by atoms with Crippen molar-refractivity contribution >= 4 is 27.8 Å². The molecule has 0 heterocycles. The third-order valence-electron chi connectivity index (χ3n) is 2.08. The molecule has 0 aliphatic carbocycles. The first-order chi connectivity index (χ1) is 7.50. The van der Waals surface area contributed by atoms with Crippen LogP contribution < -0.4 is 0 Å². The Kier molecular flexibility index (Phi) is 4.49. The summed E-state index contributed by atoms with van der Waals surface area (Å²) in [6, 6.07) is 7.00. The molecular weight excluding hydrogens is 274 g/mol. The first-order valence-corrected chi connectivity index (χ1v) is 5.53. The van der Waals surface area contributed by atoms with Gasteiger partial charge in [-0.25, -0.2) is 0 Å². The third kappa shape index (κ3) is 3.66. The lowest BCUT2D eigenvalue weighted by molar-refractivity contribution is -0.137. The minimum Gasteiger partial charge on any atom is -0.481 e. The van der Waals surface area contributed by atoms with Crippen LogP contribution in [0.1, 0.15) is 16.8 Å². The van der Waals surface area contributed by atoms with Crippen molar-refractivity contribution in [3.8, 4) is 0 Å². The van der Waals surface area contributed by atoms with Crippen LogP contribution in [0.2, 0.25) is 0 Å². The maximum absolute atomic E-state index is 11.8. The number of amides is 1. The molecule has 1 N–H and O–H groups in total. The number of carbonyl (C=O) groups excluding carboxylic acids is 1. The molecule has 0 spiro atoms. The molecule has 16 heavy (non-hydrogen) atoms. The van der Waals surface area contributed by atoms with Gasteiger partial charge >= 0.3 is 5.97 Å². The minimum atomic E-state index is -0.908. The molecule has 4 nitrogen and oxygen atoms in total. The fourth-order valence-electron chi connectivity index (χ4n) is 1.21. The van der Waals surface area contributed by atoms with Crippen LogP contribution in [-0.4, -0.2) is 35.5 Å². The summed E-state index contributed by atoms with van der Waals surface area (Å²) in [5.74, 6) is -1.09. The van der Waals surface area contributed by atoms with Crippen LogP contribution in [0, 0.1) is 0 Å². The van der Waals surface area contributed by atoms with Gasteiger partial charge in [0.05, 0.1) is 6.42 Å². The van der Waals surface area contributed by atoms with Crippen LogP contribution in [0.3, 0.4) is 0 Å². The van der Waals surface area contributed by atoms with E-state index in [0.717, 1.165) is 4.47 Å². The highest BCUT2D eigenvalue weighted by Gasteiger charge is 2.12. The van der Waals surface area contributed by atoms with Gasteiger partial charge < -0.3 is 10.0 Å². The zero-order chi connectivity index (χ0) is 12.1. The Morgan fingerprint density at radius 3 is 2.69 bits per heavy atom. The number of nitrogens with zero attached hydrogens (tertiary/aromatic N) is 1. The third-order valence-corrected chi connectivity index (χ3v) is 2.57. The Bertz CT molecular complexity index is 406. The van der Waals surface area contributed by atoms with Crippen LogP contribution in [-0.2, 0) is 4.79 Å². The van der Waals surface area contributed by atoms with Gasteiger partial charge in [-0.2, -0.15) is 0 Å². The Morgan fingerprint density at radius 2 is 2.12 bits per heavy atom. The van der Waals surface area contributed by atoms with Gasteiger partial charge in [-0.1, -0.05) is 22.0 Å². The van der Waals surface area contributed by atoms with E-state index in [-0.39, 0.29) is 18.9 Å². The van der Waals surface area contributed by atoms with Gasteiger partial charge in [-0.3, -0.25) is 9.59 Å². The van der Waals surface area contributed by atoms with Gasteiger partial charge in [0.25, 0.3) is 5.91 Å². The van der Waals surface area contributed by atoms with E-state index in [2.05, 4.69) is 15.9 Å². The maximum Gasteiger partial charge on any atom is 0.305 e. The lowest BCUT2D eigenvalue weighted by Crippen LogP contribution is -2.28. The highest BCUT2D eigenvalue weighted by Crippen LogP contribution is 2.13. The van der Waals surface area contributed by atoms with Crippen LogP contribution in [0.15, 0.2) is 28.7 Å². The SMILES string of the molecule is CN(CCC(=O)O)C(=O)c1cccc(Br)c1. The highest BCUT2D eigenvalue weighted by molar-refractivity contribution is 9.10. The molecule has 5 heteroatoms. The summed E-state index contributed by atoms with van der Waals surface area (Å²) in [6.45, 7) is 0.209. The molecule has 0 aliphatic heterocycles. The topological polar surface area (TPSA) is 57.6 Å². The number of hydrogen-bond acceptors (Lipinski definition) is 2. The molecule has 0 radical (unpaired) electrons. The number of benzene rings is 1. The molecule has 0 saturated heterocycles. The second kappa shape index (κ2) is 5.65. The largest absolute Gasteiger partial charge is 0.481 e. The first kappa shape index (κ1) is 12.7. The molecule has 0 atom stereocenters. The van der Waals surface area contributed by atoms with Crippen LogP contribution in [0.4, 0.5) is 0 Å². The lowest BCUT2D eigenvalue weighted by Gasteiger charge is -2.15. The van der Waals surface area contributed by atoms with Crippen LogP contribution >= 0.6 is 15.9 Å². The van der Waals surface area contributed by atoms with Crippen molar-refractivity contribution in [2.24, 2.45) is 0 Å². The number of carboxylic acids is 1. The molecule has 1 amide bonds. The van der Waals surface area contributed by atoms with Crippen molar-refractivity contribution in [1.29, 1.82) is 0 Å². The number of aliphatic carboxylic acids is 1. The van der Waals surface area contributed by atoms with E-state index in [0.29, 0.717) is 5.56 Å². The second-order valence-corrected chi connectivity index (χ2v) is 4.30. The van der Waals surface area contributed by atoms with Crippen molar-refractivity contribution in [1.82, 2.24) is 4.90 Å². The summed E-state index contributed by atoms with van der Waals surface area (Å²) >= 11 is 3.28. The highest BCUT2D eigenvalue weighted by atomic mass is 79.9. The molecule has 1 rings (SSSR count). The predicted molar refractivity (Wildman–Crippen MR) is 63.4 cm³/mol. The average Bonchev–Trinajstić information content (AvgIpc) is 2.24. The fraction of sp³-hybridized carbons (Fsp3) is 0.273. The van der Waals surface area contributed by atoms with Crippen molar-refractivity contribution < 1.29 is 14.7 Å². The summed E-state index contributed by atoms with van der Waals surface area (Å²) in [5.41, 5.74) is 0.544. The van der Waals surface area contributed by atoms with Gasteiger partial charge in [0.2, 0.25) is 0 Å². The Labute approximate surface area is 102 Å². The Morgan fingerprint density at radius 1 is 1.44 bits per heavy atom. The van der Waals surface area contributed by atoms with Crippen molar-refractivity contribution in [3.63, 3.8) is 0 Å². The summed E-state index contributed by atoms with van der Waals surface area (Å²) < 4.78 is 0.824. The standard InChI is InChI=1S/C11H12BrNO3/c1-13(6-5-10(14)15)11(16)8-3-2-4-9(12)7-8/h2-4,7H,5-6H2,1H3,(H,14,15). The molecule has 0 saturated carbocycles. The van der Waals surface area contributed by atoms with E-state index >= 15 is 0 Å². The van der Waals surface area contributed by atoms with Crippen LogP contribution in [0.5, 0.6) is 0 Å². The van der Waals surface area contributed by atoms with E-state index in [1.807, 2.05) is 6.07 Å². The number of halogens is 1. The van der Waals surface area contributed by atoms with Gasteiger partial charge in [0, 0.05) is 23.6 Å². The maximum atomic E-state index is 11.8. The quantitative estimate of drug-likeness (QED) is 0.921.